The summed E-state index contributed by atoms with van der Waals surface area (Å²) >= 11 is 4.35. The second kappa shape index (κ2) is 9.09. The van der Waals surface area contributed by atoms with E-state index >= 15 is 0 Å². The molecule has 0 fully saturated rings. The first-order valence-corrected chi connectivity index (χ1v) is 11.3. The number of anilines is 2. The van der Waals surface area contributed by atoms with Gasteiger partial charge in [-0.05, 0) is 76.6 Å². The Morgan fingerprint density at radius 3 is 2.28 bits per heavy atom. The highest BCUT2D eigenvalue weighted by Crippen LogP contribution is 2.27. The topological polar surface area (TPSA) is 108 Å². The number of carbonyl (C=O) groups excluding carboxylic acids is 1. The Kier molecular flexibility index (Phi) is 6.53. The molecule has 0 radical (unpaired) electrons. The van der Waals surface area contributed by atoms with Crippen LogP contribution in [0.5, 0.6) is 5.75 Å². The van der Waals surface area contributed by atoms with Crippen LogP contribution >= 0.6 is 27.3 Å². The van der Waals surface area contributed by atoms with E-state index in [1.165, 1.54) is 30.3 Å². The summed E-state index contributed by atoms with van der Waals surface area (Å²) in [6.45, 7) is -0.0500. The van der Waals surface area contributed by atoms with Gasteiger partial charge in [0.25, 0.3) is 15.9 Å². The summed E-state index contributed by atoms with van der Waals surface area (Å²) in [5.74, 6) is 0.186. The number of nitriles is 1. The van der Waals surface area contributed by atoms with Crippen LogP contribution in [0.4, 0.5) is 11.4 Å². The van der Waals surface area contributed by atoms with E-state index in [0.29, 0.717) is 22.7 Å². The number of carbonyl (C=O) groups is 1. The van der Waals surface area contributed by atoms with Gasteiger partial charge in [0.1, 0.15) is 16.0 Å². The number of benzene rings is 2. The van der Waals surface area contributed by atoms with E-state index in [-0.39, 0.29) is 16.7 Å². The quantitative estimate of drug-likeness (QED) is 0.506. The maximum absolute atomic E-state index is 12.4. The molecular weight excluding hydrogens is 478 g/mol. The first-order valence-electron chi connectivity index (χ1n) is 8.17. The number of nitrogens with zero attached hydrogens (tertiary/aromatic N) is 1. The second-order valence-electron chi connectivity index (χ2n) is 5.67. The van der Waals surface area contributed by atoms with Gasteiger partial charge < -0.3 is 10.1 Å². The zero-order valence-electron chi connectivity index (χ0n) is 14.8. The molecule has 0 aliphatic heterocycles. The van der Waals surface area contributed by atoms with Crippen molar-refractivity contribution in [2.24, 2.45) is 0 Å². The van der Waals surface area contributed by atoms with Crippen molar-refractivity contribution in [1.29, 1.82) is 5.26 Å². The lowest BCUT2D eigenvalue weighted by molar-refractivity contribution is 0.102. The van der Waals surface area contributed by atoms with Crippen molar-refractivity contribution >= 4 is 54.6 Å². The van der Waals surface area contributed by atoms with Gasteiger partial charge in [-0.1, -0.05) is 0 Å². The number of rotatable bonds is 7. The lowest BCUT2D eigenvalue weighted by Gasteiger charge is -2.09. The maximum Gasteiger partial charge on any atom is 0.271 e. The molecule has 0 aliphatic rings. The Labute approximate surface area is 180 Å². The summed E-state index contributed by atoms with van der Waals surface area (Å²) < 4.78 is 33.2. The molecule has 29 heavy (non-hydrogen) atoms. The first kappa shape index (κ1) is 20.9. The van der Waals surface area contributed by atoms with Crippen molar-refractivity contribution in [3.05, 3.63) is 70.0 Å². The molecule has 0 bridgehead atoms. The highest BCUT2D eigenvalue weighted by Gasteiger charge is 2.17. The zero-order chi connectivity index (χ0) is 20.9. The number of hydrogen-bond acceptors (Lipinski definition) is 6. The fraction of sp³-hybridized carbons (Fsp3) is 0.0526. The Bertz CT molecular complexity index is 1150. The molecule has 7 nitrogen and oxygen atoms in total. The number of sulfonamides is 1. The van der Waals surface area contributed by atoms with Crippen LogP contribution in [0.25, 0.3) is 0 Å². The Morgan fingerprint density at radius 2 is 1.69 bits per heavy atom. The largest absolute Gasteiger partial charge is 0.479 e. The Hall–Kier alpha value is -2.87. The van der Waals surface area contributed by atoms with Gasteiger partial charge in [-0.15, -0.1) is 11.3 Å². The summed E-state index contributed by atoms with van der Waals surface area (Å²) in [5.41, 5.74) is 1.29. The average molecular weight is 492 g/mol. The van der Waals surface area contributed by atoms with Crippen molar-refractivity contribution in [2.75, 3.05) is 16.6 Å². The third kappa shape index (κ3) is 5.57. The molecule has 1 amide bonds. The van der Waals surface area contributed by atoms with Crippen LogP contribution in [0.1, 0.15) is 10.4 Å². The number of hydrogen-bond donors (Lipinski definition) is 2. The van der Waals surface area contributed by atoms with E-state index in [4.69, 9.17) is 10.00 Å². The van der Waals surface area contributed by atoms with E-state index in [2.05, 4.69) is 26.0 Å². The fourth-order valence-electron chi connectivity index (χ4n) is 2.29. The molecule has 1 aromatic heterocycles. The predicted molar refractivity (Wildman–Crippen MR) is 115 cm³/mol. The zero-order valence-corrected chi connectivity index (χ0v) is 18.0. The molecule has 148 valence electrons. The molecule has 0 unspecified atom stereocenters. The summed E-state index contributed by atoms with van der Waals surface area (Å²) in [5, 5.41) is 11.2. The van der Waals surface area contributed by atoms with Gasteiger partial charge in [-0.3, -0.25) is 9.52 Å². The minimum atomic E-state index is -3.68. The van der Waals surface area contributed by atoms with Gasteiger partial charge in [0, 0.05) is 16.9 Å². The highest BCUT2D eigenvalue weighted by atomic mass is 79.9. The predicted octanol–water partition coefficient (Wildman–Crippen LogP) is 4.47. The fourth-order valence-corrected chi connectivity index (χ4v) is 5.36. The lowest BCUT2D eigenvalue weighted by atomic mass is 10.2. The second-order valence-corrected chi connectivity index (χ2v) is 10.0. The number of ether oxygens (including phenoxy) is 1. The summed E-state index contributed by atoms with van der Waals surface area (Å²) in [6, 6.07) is 17.8. The van der Waals surface area contributed by atoms with E-state index in [0.717, 1.165) is 15.1 Å². The molecule has 10 heteroatoms. The van der Waals surface area contributed by atoms with Crippen molar-refractivity contribution in [1.82, 2.24) is 0 Å². The number of thiophene rings is 1. The molecule has 2 N–H and O–H groups in total. The van der Waals surface area contributed by atoms with Gasteiger partial charge in [0.05, 0.1) is 3.79 Å². The smallest absolute Gasteiger partial charge is 0.271 e. The van der Waals surface area contributed by atoms with Crippen molar-refractivity contribution in [2.45, 2.75) is 4.21 Å². The van der Waals surface area contributed by atoms with E-state index in [9.17, 15) is 13.2 Å². The third-order valence-corrected chi connectivity index (χ3v) is 7.13. The number of nitrogens with one attached hydrogen (secondary N) is 2. The van der Waals surface area contributed by atoms with Crippen molar-refractivity contribution < 1.29 is 17.9 Å². The van der Waals surface area contributed by atoms with Gasteiger partial charge in [0.15, 0.2) is 6.61 Å². The van der Waals surface area contributed by atoms with Crippen LogP contribution in [0.2, 0.25) is 0 Å². The Morgan fingerprint density at radius 1 is 1.03 bits per heavy atom. The van der Waals surface area contributed by atoms with Gasteiger partial charge in [-0.25, -0.2) is 8.42 Å². The average Bonchev–Trinajstić information content (AvgIpc) is 3.15. The summed E-state index contributed by atoms with van der Waals surface area (Å²) in [6.07, 6.45) is 0. The first-order chi connectivity index (χ1) is 13.9. The van der Waals surface area contributed by atoms with Crippen molar-refractivity contribution in [3.63, 3.8) is 0 Å². The number of halogens is 1. The van der Waals surface area contributed by atoms with E-state index in [1.807, 2.05) is 6.07 Å². The molecule has 3 rings (SSSR count). The molecule has 0 aliphatic carbocycles. The van der Waals surface area contributed by atoms with Crippen LogP contribution in [-0.4, -0.2) is 20.9 Å². The highest BCUT2D eigenvalue weighted by molar-refractivity contribution is 9.11. The monoisotopic (exact) mass is 491 g/mol. The lowest BCUT2D eigenvalue weighted by Crippen LogP contribution is -2.13. The molecule has 0 saturated heterocycles. The van der Waals surface area contributed by atoms with Crippen LogP contribution in [0.15, 0.2) is 68.7 Å². The molecule has 0 spiro atoms. The molecule has 3 aromatic rings. The van der Waals surface area contributed by atoms with Crippen LogP contribution < -0.4 is 14.8 Å². The minimum Gasteiger partial charge on any atom is -0.479 e. The normalized spacial score (nSPS) is 10.8. The van der Waals surface area contributed by atoms with Crippen LogP contribution in [0, 0.1) is 11.3 Å². The minimum absolute atomic E-state index is 0.0500. The number of amides is 1. The van der Waals surface area contributed by atoms with Gasteiger partial charge in [0.2, 0.25) is 0 Å². The van der Waals surface area contributed by atoms with Gasteiger partial charge in [-0.2, -0.15) is 5.26 Å². The Balaban J connectivity index is 1.63. The summed E-state index contributed by atoms with van der Waals surface area (Å²) in [7, 11) is -3.68. The molecule has 0 saturated carbocycles. The molecule has 1 heterocycles. The van der Waals surface area contributed by atoms with Gasteiger partial charge >= 0.3 is 0 Å². The molecule has 0 atom stereocenters. The molecular formula is C19H14BrN3O4S2. The summed E-state index contributed by atoms with van der Waals surface area (Å²) in [4.78, 5) is 12.4. The molecule has 2 aromatic carbocycles. The third-order valence-electron chi connectivity index (χ3n) is 3.63. The standard InChI is InChI=1S/C19H14BrN3O4S2/c20-17-9-10-18(28-17)29(25,26)23-15-3-1-13(2-4-15)19(24)22-14-5-7-16(8-6-14)27-12-11-21/h1-10,23H,12H2,(H,22,24). The van der Waals surface area contributed by atoms with Crippen LogP contribution in [-0.2, 0) is 10.0 Å². The van der Waals surface area contributed by atoms with Crippen molar-refractivity contribution in [3.8, 4) is 11.8 Å². The van der Waals surface area contributed by atoms with Crippen LogP contribution in [0.3, 0.4) is 0 Å². The maximum atomic E-state index is 12.4. The van der Waals surface area contributed by atoms with E-state index < -0.39 is 10.0 Å². The SMILES string of the molecule is N#CCOc1ccc(NC(=O)c2ccc(NS(=O)(=O)c3ccc(Br)s3)cc2)cc1. The van der Waals surface area contributed by atoms with E-state index in [1.54, 1.807) is 30.3 Å².